The Bertz CT molecular complexity index is 763. The molecule has 0 amide bonds. The zero-order chi connectivity index (χ0) is 18.1. The Kier molecular flexibility index (Phi) is 5.65. The van der Waals surface area contributed by atoms with E-state index < -0.39 is 11.7 Å². The summed E-state index contributed by atoms with van der Waals surface area (Å²) in [6, 6.07) is 5.44. The van der Waals surface area contributed by atoms with E-state index in [0.717, 1.165) is 8.95 Å². The molecule has 0 bridgehead atoms. The van der Waals surface area contributed by atoms with Gasteiger partial charge in [0.2, 0.25) is 0 Å². The van der Waals surface area contributed by atoms with Crippen molar-refractivity contribution in [1.29, 1.82) is 0 Å². The SMILES string of the molecule is COc1cc(-c2cc(Br)cn2C(=O)OC(C)(C)C)c(OC)cc1Br. The third kappa shape index (κ3) is 4.13. The van der Waals surface area contributed by atoms with Gasteiger partial charge in [0.15, 0.2) is 0 Å². The molecule has 5 nitrogen and oxygen atoms in total. The van der Waals surface area contributed by atoms with Crippen molar-refractivity contribution >= 4 is 38.0 Å². The summed E-state index contributed by atoms with van der Waals surface area (Å²) in [6.45, 7) is 5.48. The number of carbonyl (C=O) groups is 1. The number of halogens is 2. The first-order valence-corrected chi connectivity index (χ1v) is 8.78. The van der Waals surface area contributed by atoms with E-state index in [-0.39, 0.29) is 0 Å². The van der Waals surface area contributed by atoms with Crippen LogP contribution in [0, 0.1) is 0 Å². The predicted molar refractivity (Wildman–Crippen MR) is 100 cm³/mol. The predicted octanol–water partition coefficient (Wildman–Crippen LogP) is 5.48. The Labute approximate surface area is 158 Å². The van der Waals surface area contributed by atoms with Crippen LogP contribution in [0.1, 0.15) is 20.8 Å². The second kappa shape index (κ2) is 7.19. The van der Waals surface area contributed by atoms with Gasteiger partial charge < -0.3 is 14.2 Å². The first kappa shape index (κ1) is 18.9. The Morgan fingerprint density at radius 2 is 1.67 bits per heavy atom. The molecule has 0 saturated heterocycles. The van der Waals surface area contributed by atoms with E-state index in [1.54, 1.807) is 26.5 Å². The molecule has 2 rings (SSSR count). The molecule has 0 radical (unpaired) electrons. The number of ether oxygens (including phenoxy) is 3. The second-order valence-corrected chi connectivity index (χ2v) is 7.85. The quantitative estimate of drug-likeness (QED) is 0.608. The minimum Gasteiger partial charge on any atom is -0.496 e. The maximum absolute atomic E-state index is 12.5. The molecule has 0 unspecified atom stereocenters. The lowest BCUT2D eigenvalue weighted by molar-refractivity contribution is 0.0540. The largest absolute Gasteiger partial charge is 0.496 e. The van der Waals surface area contributed by atoms with Gasteiger partial charge in [0, 0.05) is 16.2 Å². The van der Waals surface area contributed by atoms with Crippen LogP contribution in [0.15, 0.2) is 33.3 Å². The fourth-order valence-corrected chi connectivity index (χ4v) is 3.07. The van der Waals surface area contributed by atoms with Crippen LogP contribution in [0.5, 0.6) is 11.5 Å². The Balaban J connectivity index is 2.59. The fraction of sp³-hybridized carbons (Fsp3) is 0.353. The van der Waals surface area contributed by atoms with Gasteiger partial charge in [-0.3, -0.25) is 4.57 Å². The van der Waals surface area contributed by atoms with E-state index >= 15 is 0 Å². The standard InChI is InChI=1S/C17H19Br2NO4/c1-17(2,3)24-16(21)20-9-10(18)6-13(20)11-7-15(23-5)12(19)8-14(11)22-4/h6-9H,1-5H3. The van der Waals surface area contributed by atoms with E-state index in [1.807, 2.05) is 32.9 Å². The summed E-state index contributed by atoms with van der Waals surface area (Å²) < 4.78 is 19.3. The third-order valence-electron chi connectivity index (χ3n) is 3.13. The highest BCUT2D eigenvalue weighted by molar-refractivity contribution is 9.10. The smallest absolute Gasteiger partial charge is 0.419 e. The summed E-state index contributed by atoms with van der Waals surface area (Å²) in [7, 11) is 3.16. The van der Waals surface area contributed by atoms with Crippen LogP contribution in [0.2, 0.25) is 0 Å². The van der Waals surface area contributed by atoms with Crippen molar-refractivity contribution in [2.45, 2.75) is 26.4 Å². The van der Waals surface area contributed by atoms with Gasteiger partial charge in [-0.25, -0.2) is 4.79 Å². The minimum absolute atomic E-state index is 0.466. The van der Waals surface area contributed by atoms with Gasteiger partial charge in [-0.2, -0.15) is 0 Å². The number of nitrogens with zero attached hydrogens (tertiary/aromatic N) is 1. The van der Waals surface area contributed by atoms with Gasteiger partial charge in [-0.05, 0) is 70.8 Å². The van der Waals surface area contributed by atoms with Gasteiger partial charge in [0.05, 0.1) is 24.4 Å². The van der Waals surface area contributed by atoms with Gasteiger partial charge in [-0.1, -0.05) is 0 Å². The highest BCUT2D eigenvalue weighted by atomic mass is 79.9. The number of methoxy groups -OCH3 is 2. The Morgan fingerprint density at radius 3 is 2.21 bits per heavy atom. The maximum atomic E-state index is 12.5. The molecular weight excluding hydrogens is 442 g/mol. The minimum atomic E-state index is -0.591. The van der Waals surface area contributed by atoms with Crippen LogP contribution < -0.4 is 9.47 Å². The summed E-state index contributed by atoms with van der Waals surface area (Å²) in [4.78, 5) is 12.5. The molecule has 0 atom stereocenters. The molecule has 24 heavy (non-hydrogen) atoms. The summed E-state index contributed by atoms with van der Waals surface area (Å²) in [5.41, 5.74) is 0.764. The average Bonchev–Trinajstić information content (AvgIpc) is 2.87. The average molecular weight is 461 g/mol. The van der Waals surface area contributed by atoms with Crippen LogP contribution >= 0.6 is 31.9 Å². The van der Waals surface area contributed by atoms with Crippen LogP contribution in [0.4, 0.5) is 4.79 Å². The molecule has 7 heteroatoms. The van der Waals surface area contributed by atoms with Gasteiger partial charge >= 0.3 is 6.09 Å². The molecule has 1 aromatic heterocycles. The van der Waals surface area contributed by atoms with Crippen LogP contribution in [0.25, 0.3) is 11.3 Å². The molecule has 0 fully saturated rings. The van der Waals surface area contributed by atoms with Crippen molar-refractivity contribution in [2.75, 3.05) is 14.2 Å². The van der Waals surface area contributed by atoms with E-state index in [9.17, 15) is 4.79 Å². The molecular formula is C17H19Br2NO4. The molecule has 130 valence electrons. The summed E-state index contributed by atoms with van der Waals surface area (Å²) in [6.07, 6.45) is 1.20. The number of rotatable bonds is 3. The molecule has 0 aliphatic heterocycles. The molecule has 0 aliphatic carbocycles. The van der Waals surface area contributed by atoms with Gasteiger partial charge in [-0.15, -0.1) is 0 Å². The normalized spacial score (nSPS) is 11.3. The van der Waals surface area contributed by atoms with Crippen molar-refractivity contribution in [2.24, 2.45) is 0 Å². The van der Waals surface area contributed by atoms with Crippen molar-refractivity contribution in [1.82, 2.24) is 4.57 Å². The lowest BCUT2D eigenvalue weighted by Crippen LogP contribution is -2.27. The lowest BCUT2D eigenvalue weighted by Gasteiger charge is -2.21. The van der Waals surface area contributed by atoms with Crippen LogP contribution in [-0.2, 0) is 4.74 Å². The highest BCUT2D eigenvalue weighted by Crippen LogP contribution is 2.40. The van der Waals surface area contributed by atoms with Gasteiger partial charge in [0.25, 0.3) is 0 Å². The van der Waals surface area contributed by atoms with Crippen LogP contribution in [-0.4, -0.2) is 30.5 Å². The topological polar surface area (TPSA) is 49.7 Å². The van der Waals surface area contributed by atoms with Crippen molar-refractivity contribution in [3.8, 4) is 22.8 Å². The lowest BCUT2D eigenvalue weighted by atomic mass is 10.1. The molecule has 0 aliphatic rings. The summed E-state index contributed by atoms with van der Waals surface area (Å²) in [5.74, 6) is 1.25. The maximum Gasteiger partial charge on any atom is 0.419 e. The fourth-order valence-electron chi connectivity index (χ4n) is 2.16. The van der Waals surface area contributed by atoms with Crippen LogP contribution in [0.3, 0.4) is 0 Å². The zero-order valence-electron chi connectivity index (χ0n) is 14.1. The van der Waals surface area contributed by atoms with E-state index in [2.05, 4.69) is 31.9 Å². The molecule has 2 aromatic rings. The summed E-state index contributed by atoms with van der Waals surface area (Å²) in [5, 5.41) is 0. The number of carbonyl (C=O) groups excluding carboxylic acids is 1. The first-order chi connectivity index (χ1) is 11.2. The Morgan fingerprint density at radius 1 is 1.04 bits per heavy atom. The third-order valence-corrected chi connectivity index (χ3v) is 4.18. The number of hydrogen-bond donors (Lipinski definition) is 0. The highest BCUT2D eigenvalue weighted by Gasteiger charge is 2.23. The van der Waals surface area contributed by atoms with Crippen molar-refractivity contribution in [3.63, 3.8) is 0 Å². The first-order valence-electron chi connectivity index (χ1n) is 7.19. The summed E-state index contributed by atoms with van der Waals surface area (Å²) >= 11 is 6.85. The molecule has 0 saturated carbocycles. The molecule has 1 aromatic carbocycles. The van der Waals surface area contributed by atoms with E-state index in [0.29, 0.717) is 22.8 Å². The molecule has 0 N–H and O–H groups in total. The molecule has 1 heterocycles. The monoisotopic (exact) mass is 459 g/mol. The number of hydrogen-bond acceptors (Lipinski definition) is 4. The number of aromatic nitrogens is 1. The second-order valence-electron chi connectivity index (χ2n) is 6.08. The van der Waals surface area contributed by atoms with E-state index in [1.165, 1.54) is 4.57 Å². The zero-order valence-corrected chi connectivity index (χ0v) is 17.3. The van der Waals surface area contributed by atoms with Gasteiger partial charge in [0.1, 0.15) is 17.1 Å². The van der Waals surface area contributed by atoms with Crippen molar-refractivity contribution in [3.05, 3.63) is 33.3 Å². The molecule has 0 spiro atoms. The van der Waals surface area contributed by atoms with Crippen molar-refractivity contribution < 1.29 is 19.0 Å². The Hall–Kier alpha value is -1.47. The van der Waals surface area contributed by atoms with E-state index in [4.69, 9.17) is 14.2 Å². The number of benzene rings is 1.